The second kappa shape index (κ2) is 9.51. The van der Waals surface area contributed by atoms with Gasteiger partial charge in [-0.3, -0.25) is 0 Å². The molecule has 0 unspecified atom stereocenters. The van der Waals surface area contributed by atoms with Gasteiger partial charge < -0.3 is 15.3 Å². The van der Waals surface area contributed by atoms with Crippen molar-refractivity contribution in [3.63, 3.8) is 0 Å². The Morgan fingerprint density at radius 3 is 2.50 bits per heavy atom. The number of hydrogen-bond donors (Lipinski definition) is 1. The summed E-state index contributed by atoms with van der Waals surface area (Å²) in [5, 5.41) is 0. The third kappa shape index (κ3) is 6.94. The maximum Gasteiger partial charge on any atom is 0.129 e. The topological polar surface area (TPSA) is 52.3 Å². The summed E-state index contributed by atoms with van der Waals surface area (Å²) in [6.07, 6.45) is 2.42. The van der Waals surface area contributed by atoms with Crippen LogP contribution in [0, 0.1) is 6.92 Å². The molecule has 0 atom stereocenters. The zero-order valence-corrected chi connectivity index (χ0v) is 12.0. The zero-order valence-electron chi connectivity index (χ0n) is 12.0. The lowest BCUT2D eigenvalue weighted by molar-refractivity contribution is -0.117. The van der Waals surface area contributed by atoms with Crippen molar-refractivity contribution < 1.29 is 9.53 Å². The van der Waals surface area contributed by atoms with Gasteiger partial charge in [-0.2, -0.15) is 0 Å². The van der Waals surface area contributed by atoms with Gasteiger partial charge >= 0.3 is 0 Å². The fourth-order valence-electron chi connectivity index (χ4n) is 1.37. The van der Waals surface area contributed by atoms with Crippen LogP contribution in [0.25, 0.3) is 0 Å². The molecule has 0 amide bonds. The Labute approximate surface area is 110 Å². The Kier molecular flexibility index (Phi) is 8.71. The van der Waals surface area contributed by atoms with Crippen molar-refractivity contribution in [2.75, 3.05) is 12.3 Å². The Bertz CT molecular complexity index is 362. The van der Waals surface area contributed by atoms with Gasteiger partial charge in [-0.15, -0.1) is 0 Å². The highest BCUT2D eigenvalue weighted by Gasteiger charge is 1.98. The Balaban J connectivity index is 0.00000137. The van der Waals surface area contributed by atoms with E-state index < -0.39 is 0 Å². The number of hydrogen-bond acceptors (Lipinski definition) is 3. The number of Topliss-reactive ketones (excluding diaryl/α,β-unsaturated/α-hetero) is 1. The number of carbonyl (C=O) groups is 1. The number of benzene rings is 1. The molecule has 0 fully saturated rings. The van der Waals surface area contributed by atoms with E-state index in [4.69, 9.17) is 10.5 Å². The third-order valence-corrected chi connectivity index (χ3v) is 2.44. The number of ketones is 1. The van der Waals surface area contributed by atoms with Crippen LogP contribution in [0.1, 0.15) is 45.6 Å². The van der Waals surface area contributed by atoms with Crippen LogP contribution in [-0.4, -0.2) is 12.4 Å². The fraction of sp³-hybridized carbons (Fsp3) is 0.533. The molecular formula is C15H25NO2. The zero-order chi connectivity index (χ0) is 14.0. The number of nitrogen functional groups attached to an aromatic ring is 1. The van der Waals surface area contributed by atoms with E-state index in [9.17, 15) is 4.79 Å². The van der Waals surface area contributed by atoms with Crippen molar-refractivity contribution in [1.29, 1.82) is 0 Å². The van der Waals surface area contributed by atoms with Gasteiger partial charge in [0.25, 0.3) is 0 Å². The first kappa shape index (κ1) is 16.5. The van der Waals surface area contributed by atoms with Crippen LogP contribution in [0.4, 0.5) is 5.69 Å². The normalized spacial score (nSPS) is 9.33. The van der Waals surface area contributed by atoms with Crippen molar-refractivity contribution in [1.82, 2.24) is 0 Å². The summed E-state index contributed by atoms with van der Waals surface area (Å²) >= 11 is 0. The highest BCUT2D eigenvalue weighted by molar-refractivity contribution is 5.75. The molecule has 1 aromatic rings. The van der Waals surface area contributed by atoms with Crippen molar-refractivity contribution >= 4 is 11.5 Å². The number of nitrogens with two attached hydrogens (primary N) is 1. The van der Waals surface area contributed by atoms with E-state index in [-0.39, 0.29) is 5.78 Å². The van der Waals surface area contributed by atoms with E-state index >= 15 is 0 Å². The van der Waals surface area contributed by atoms with Crippen molar-refractivity contribution in [3.8, 4) is 5.75 Å². The molecule has 3 nitrogen and oxygen atoms in total. The summed E-state index contributed by atoms with van der Waals surface area (Å²) in [4.78, 5) is 10.7. The maximum absolute atomic E-state index is 10.7. The summed E-state index contributed by atoms with van der Waals surface area (Å²) in [6, 6.07) is 5.69. The van der Waals surface area contributed by atoms with Gasteiger partial charge in [0, 0.05) is 18.2 Å². The molecule has 0 aliphatic rings. The van der Waals surface area contributed by atoms with Crippen LogP contribution in [-0.2, 0) is 4.79 Å². The van der Waals surface area contributed by atoms with Gasteiger partial charge in [0.2, 0.25) is 0 Å². The lowest BCUT2D eigenvalue weighted by Gasteiger charge is -2.07. The molecule has 2 N–H and O–H groups in total. The van der Waals surface area contributed by atoms with Gasteiger partial charge in [-0.05, 0) is 38.3 Å². The molecule has 0 heterocycles. The minimum atomic E-state index is 0.236. The van der Waals surface area contributed by atoms with Gasteiger partial charge in [0.15, 0.2) is 0 Å². The minimum absolute atomic E-state index is 0.236. The minimum Gasteiger partial charge on any atom is -0.494 e. The average molecular weight is 251 g/mol. The van der Waals surface area contributed by atoms with Gasteiger partial charge in [-0.1, -0.05) is 19.9 Å². The van der Waals surface area contributed by atoms with Crippen LogP contribution in [0.2, 0.25) is 0 Å². The standard InChI is InChI=1S/C13H19NO2.C2H6/c1-10-6-7-12(9-13(10)14)16-8-4-3-5-11(2)15;1-2/h6-7,9H,3-5,8,14H2,1-2H3;1-2H3. The molecule has 1 aromatic carbocycles. The highest BCUT2D eigenvalue weighted by atomic mass is 16.5. The summed E-state index contributed by atoms with van der Waals surface area (Å²) in [6.45, 7) is 8.21. The van der Waals surface area contributed by atoms with E-state index in [1.807, 2.05) is 39.0 Å². The fourth-order valence-corrected chi connectivity index (χ4v) is 1.37. The molecule has 3 heteroatoms. The third-order valence-electron chi connectivity index (χ3n) is 2.44. The molecule has 0 aromatic heterocycles. The van der Waals surface area contributed by atoms with E-state index in [0.29, 0.717) is 13.0 Å². The molecule has 0 saturated heterocycles. The van der Waals surface area contributed by atoms with Crippen LogP contribution in [0.15, 0.2) is 18.2 Å². The predicted octanol–water partition coefficient (Wildman–Crippen LogP) is 3.74. The maximum atomic E-state index is 10.7. The molecule has 1 rings (SSSR count). The van der Waals surface area contributed by atoms with Crippen LogP contribution < -0.4 is 10.5 Å². The van der Waals surface area contributed by atoms with E-state index in [2.05, 4.69) is 0 Å². The number of rotatable bonds is 6. The molecule has 0 saturated carbocycles. The van der Waals surface area contributed by atoms with Crippen LogP contribution >= 0.6 is 0 Å². The van der Waals surface area contributed by atoms with Crippen LogP contribution in [0.5, 0.6) is 5.75 Å². The molecule has 0 spiro atoms. The summed E-state index contributed by atoms with van der Waals surface area (Å²) in [5.74, 6) is 1.03. The number of carbonyl (C=O) groups excluding carboxylic acids is 1. The largest absolute Gasteiger partial charge is 0.494 e. The van der Waals surface area contributed by atoms with Crippen molar-refractivity contribution in [2.45, 2.75) is 47.0 Å². The van der Waals surface area contributed by atoms with E-state index in [0.717, 1.165) is 29.8 Å². The van der Waals surface area contributed by atoms with Gasteiger partial charge in [0.05, 0.1) is 6.61 Å². The lowest BCUT2D eigenvalue weighted by atomic mass is 10.2. The van der Waals surface area contributed by atoms with Crippen molar-refractivity contribution in [2.24, 2.45) is 0 Å². The van der Waals surface area contributed by atoms with E-state index in [1.165, 1.54) is 0 Å². The first-order chi connectivity index (χ1) is 8.59. The first-order valence-corrected chi connectivity index (χ1v) is 6.58. The molecule has 18 heavy (non-hydrogen) atoms. The first-order valence-electron chi connectivity index (χ1n) is 6.58. The number of anilines is 1. The van der Waals surface area contributed by atoms with Crippen LogP contribution in [0.3, 0.4) is 0 Å². The lowest BCUT2D eigenvalue weighted by Crippen LogP contribution is -2.00. The quantitative estimate of drug-likeness (QED) is 0.619. The monoisotopic (exact) mass is 251 g/mol. The second-order valence-electron chi connectivity index (χ2n) is 4.03. The summed E-state index contributed by atoms with van der Waals surface area (Å²) in [7, 11) is 0. The van der Waals surface area contributed by atoms with Crippen molar-refractivity contribution in [3.05, 3.63) is 23.8 Å². The SMILES string of the molecule is CC.CC(=O)CCCCOc1ccc(C)c(N)c1. The van der Waals surface area contributed by atoms with Gasteiger partial charge in [-0.25, -0.2) is 0 Å². The highest BCUT2D eigenvalue weighted by Crippen LogP contribution is 2.19. The average Bonchev–Trinajstić information content (AvgIpc) is 2.35. The molecule has 0 radical (unpaired) electrons. The number of unbranched alkanes of at least 4 members (excludes halogenated alkanes) is 1. The molecule has 102 valence electrons. The summed E-state index contributed by atoms with van der Waals surface area (Å²) in [5.41, 5.74) is 7.58. The molecule has 0 bridgehead atoms. The van der Waals surface area contributed by atoms with E-state index in [1.54, 1.807) is 6.92 Å². The Hall–Kier alpha value is -1.51. The Morgan fingerprint density at radius 1 is 1.28 bits per heavy atom. The molecule has 0 aliphatic heterocycles. The second-order valence-corrected chi connectivity index (χ2v) is 4.03. The predicted molar refractivity (Wildman–Crippen MR) is 77.0 cm³/mol. The number of aryl methyl sites for hydroxylation is 1. The summed E-state index contributed by atoms with van der Waals surface area (Å²) < 4.78 is 5.53. The smallest absolute Gasteiger partial charge is 0.129 e. The van der Waals surface area contributed by atoms with Gasteiger partial charge in [0.1, 0.15) is 11.5 Å². The molecule has 0 aliphatic carbocycles. The Morgan fingerprint density at radius 2 is 1.94 bits per heavy atom. The number of ether oxygens (including phenoxy) is 1. The molecular weight excluding hydrogens is 226 g/mol.